The van der Waals surface area contributed by atoms with Crippen LogP contribution in [0.25, 0.3) is 0 Å². The van der Waals surface area contributed by atoms with E-state index >= 15 is 0 Å². The van der Waals surface area contributed by atoms with Crippen LogP contribution in [0.1, 0.15) is 49.4 Å². The molecule has 3 rings (SSSR count). The van der Waals surface area contributed by atoms with Gasteiger partial charge in [-0.15, -0.1) is 0 Å². The Morgan fingerprint density at radius 3 is 2.21 bits per heavy atom. The highest BCUT2D eigenvalue weighted by atomic mass is 35.5. The Labute approximate surface area is 203 Å². The standard InChI is InChI=1S/C25H27Cl2NO5/c1-16(29)23-13-22(10-11-24(23)27)33-15-25(31)28-19-6-2-17(3-7-19)12-20(30)14-32-21-8-4-18(26)5-9-21/h4-5,8-11,13,17,19H,2-3,6-7,12,14-15H2,1H3,(H,28,31). The van der Waals surface area contributed by atoms with Gasteiger partial charge >= 0.3 is 0 Å². The monoisotopic (exact) mass is 491 g/mol. The summed E-state index contributed by atoms with van der Waals surface area (Å²) in [6.07, 6.45) is 3.86. The number of halogens is 2. The molecule has 1 N–H and O–H groups in total. The summed E-state index contributed by atoms with van der Waals surface area (Å²) in [5, 5.41) is 3.96. The zero-order chi connectivity index (χ0) is 23.8. The molecule has 0 atom stereocenters. The zero-order valence-corrected chi connectivity index (χ0v) is 20.0. The summed E-state index contributed by atoms with van der Waals surface area (Å²) in [5.74, 6) is 1.03. The van der Waals surface area contributed by atoms with Crippen LogP contribution in [-0.2, 0) is 9.59 Å². The number of Topliss-reactive ketones (excluding diaryl/α,β-unsaturated/α-hetero) is 2. The molecule has 0 saturated heterocycles. The SMILES string of the molecule is CC(=O)c1cc(OCC(=O)NC2CCC(CC(=O)COc3ccc(Cl)cc3)CC2)ccc1Cl. The minimum Gasteiger partial charge on any atom is -0.486 e. The third-order valence-electron chi connectivity index (χ3n) is 5.63. The summed E-state index contributed by atoms with van der Waals surface area (Å²) in [6, 6.07) is 11.7. The summed E-state index contributed by atoms with van der Waals surface area (Å²) >= 11 is 11.8. The van der Waals surface area contributed by atoms with Crippen LogP contribution in [0, 0.1) is 5.92 Å². The van der Waals surface area contributed by atoms with E-state index < -0.39 is 0 Å². The van der Waals surface area contributed by atoms with Gasteiger partial charge in [0.2, 0.25) is 0 Å². The number of ether oxygens (including phenoxy) is 2. The topological polar surface area (TPSA) is 81.7 Å². The second-order valence-corrected chi connectivity index (χ2v) is 9.10. The molecule has 0 aromatic heterocycles. The molecule has 8 heteroatoms. The van der Waals surface area contributed by atoms with E-state index in [0.29, 0.717) is 39.4 Å². The lowest BCUT2D eigenvalue weighted by Crippen LogP contribution is -2.40. The van der Waals surface area contributed by atoms with Crippen molar-refractivity contribution >= 4 is 40.7 Å². The summed E-state index contributed by atoms with van der Waals surface area (Å²) in [6.45, 7) is 1.33. The Morgan fingerprint density at radius 1 is 0.909 bits per heavy atom. The molecule has 1 saturated carbocycles. The first-order valence-electron chi connectivity index (χ1n) is 10.9. The van der Waals surface area contributed by atoms with Crippen LogP contribution in [0.4, 0.5) is 0 Å². The van der Waals surface area contributed by atoms with Gasteiger partial charge in [0.15, 0.2) is 18.2 Å². The van der Waals surface area contributed by atoms with E-state index in [0.717, 1.165) is 25.7 Å². The normalized spacial score (nSPS) is 17.8. The van der Waals surface area contributed by atoms with Gasteiger partial charge in [-0.2, -0.15) is 0 Å². The van der Waals surface area contributed by atoms with Crippen LogP contribution >= 0.6 is 23.2 Å². The lowest BCUT2D eigenvalue weighted by atomic mass is 9.83. The fourth-order valence-electron chi connectivity index (χ4n) is 3.87. The number of carbonyl (C=O) groups is 3. The molecule has 1 fully saturated rings. The second-order valence-electron chi connectivity index (χ2n) is 8.26. The molecule has 2 aromatic carbocycles. The third-order valence-corrected chi connectivity index (χ3v) is 6.21. The minimum atomic E-state index is -0.217. The van der Waals surface area contributed by atoms with Gasteiger partial charge in [0.05, 0.1) is 5.02 Å². The number of rotatable bonds is 10. The van der Waals surface area contributed by atoms with Crippen LogP contribution in [0.2, 0.25) is 10.0 Å². The molecule has 176 valence electrons. The maximum absolute atomic E-state index is 12.3. The molecule has 0 heterocycles. The second kappa shape index (κ2) is 12.1. The summed E-state index contributed by atoms with van der Waals surface area (Å²) in [5.41, 5.74) is 0.362. The summed E-state index contributed by atoms with van der Waals surface area (Å²) in [7, 11) is 0. The first-order valence-corrected chi connectivity index (χ1v) is 11.7. The van der Waals surface area contributed by atoms with Crippen molar-refractivity contribution < 1.29 is 23.9 Å². The molecule has 0 radical (unpaired) electrons. The zero-order valence-electron chi connectivity index (χ0n) is 18.4. The average molecular weight is 492 g/mol. The molecule has 1 amide bonds. The highest BCUT2D eigenvalue weighted by Crippen LogP contribution is 2.27. The number of nitrogens with one attached hydrogen (secondary N) is 1. The summed E-state index contributed by atoms with van der Waals surface area (Å²) in [4.78, 5) is 36.1. The van der Waals surface area contributed by atoms with E-state index in [2.05, 4.69) is 5.32 Å². The van der Waals surface area contributed by atoms with Crippen molar-refractivity contribution in [1.29, 1.82) is 0 Å². The third kappa shape index (κ3) is 8.06. The fourth-order valence-corrected chi connectivity index (χ4v) is 4.25. The molecular formula is C25H27Cl2NO5. The van der Waals surface area contributed by atoms with Crippen molar-refractivity contribution in [3.63, 3.8) is 0 Å². The van der Waals surface area contributed by atoms with Crippen molar-refractivity contribution in [2.24, 2.45) is 5.92 Å². The van der Waals surface area contributed by atoms with E-state index in [1.807, 2.05) is 0 Å². The molecule has 1 aliphatic carbocycles. The molecule has 0 aliphatic heterocycles. The first kappa shape index (κ1) is 25.1. The van der Waals surface area contributed by atoms with Crippen molar-refractivity contribution in [2.75, 3.05) is 13.2 Å². The van der Waals surface area contributed by atoms with E-state index in [4.69, 9.17) is 32.7 Å². The quantitative estimate of drug-likeness (QED) is 0.456. The highest BCUT2D eigenvalue weighted by Gasteiger charge is 2.24. The Hall–Kier alpha value is -2.57. The molecule has 33 heavy (non-hydrogen) atoms. The van der Waals surface area contributed by atoms with Gasteiger partial charge in [-0.25, -0.2) is 0 Å². The molecule has 0 bridgehead atoms. The highest BCUT2D eigenvalue weighted by molar-refractivity contribution is 6.33. The predicted molar refractivity (Wildman–Crippen MR) is 127 cm³/mol. The maximum Gasteiger partial charge on any atom is 0.258 e. The molecule has 0 unspecified atom stereocenters. The summed E-state index contributed by atoms with van der Waals surface area (Å²) < 4.78 is 11.0. The van der Waals surface area contributed by atoms with E-state index in [-0.39, 0.29) is 36.7 Å². The van der Waals surface area contributed by atoms with Crippen molar-refractivity contribution in [3.05, 3.63) is 58.1 Å². The Bertz CT molecular complexity index is 985. The largest absolute Gasteiger partial charge is 0.486 e. The molecule has 6 nitrogen and oxygen atoms in total. The number of hydrogen-bond donors (Lipinski definition) is 1. The van der Waals surface area contributed by atoms with Crippen LogP contribution < -0.4 is 14.8 Å². The Balaban J connectivity index is 1.34. The van der Waals surface area contributed by atoms with Gasteiger partial charge in [-0.1, -0.05) is 23.2 Å². The van der Waals surface area contributed by atoms with Crippen molar-refractivity contribution in [1.82, 2.24) is 5.32 Å². The van der Waals surface area contributed by atoms with Gasteiger partial charge in [0, 0.05) is 23.0 Å². The molecule has 0 spiro atoms. The lowest BCUT2D eigenvalue weighted by Gasteiger charge is -2.28. The van der Waals surface area contributed by atoms with Gasteiger partial charge in [-0.05, 0) is 81.0 Å². The maximum atomic E-state index is 12.3. The van der Waals surface area contributed by atoms with Crippen LogP contribution in [-0.4, -0.2) is 36.7 Å². The fraction of sp³-hybridized carbons (Fsp3) is 0.400. The van der Waals surface area contributed by atoms with Crippen LogP contribution in [0.15, 0.2) is 42.5 Å². The number of ketones is 2. The predicted octanol–water partition coefficient (Wildman–Crippen LogP) is 5.29. The average Bonchev–Trinajstić information content (AvgIpc) is 2.79. The van der Waals surface area contributed by atoms with E-state index in [9.17, 15) is 14.4 Å². The number of hydrogen-bond acceptors (Lipinski definition) is 5. The van der Waals surface area contributed by atoms with Gasteiger partial charge in [0.1, 0.15) is 18.1 Å². The Morgan fingerprint density at radius 2 is 1.55 bits per heavy atom. The van der Waals surface area contributed by atoms with E-state index in [1.54, 1.807) is 36.4 Å². The smallest absolute Gasteiger partial charge is 0.258 e. The van der Waals surface area contributed by atoms with Gasteiger partial charge in [-0.3, -0.25) is 14.4 Å². The minimum absolute atomic E-state index is 0.0473. The Kier molecular flexibility index (Phi) is 9.15. The number of amides is 1. The molecule has 2 aromatic rings. The molecular weight excluding hydrogens is 465 g/mol. The van der Waals surface area contributed by atoms with Gasteiger partial charge < -0.3 is 14.8 Å². The lowest BCUT2D eigenvalue weighted by molar-refractivity contribution is -0.125. The number of carbonyl (C=O) groups excluding carboxylic acids is 3. The van der Waals surface area contributed by atoms with Crippen LogP contribution in [0.5, 0.6) is 11.5 Å². The first-order chi connectivity index (χ1) is 15.8. The van der Waals surface area contributed by atoms with Crippen molar-refractivity contribution in [3.8, 4) is 11.5 Å². The van der Waals surface area contributed by atoms with E-state index in [1.165, 1.54) is 13.0 Å². The number of benzene rings is 2. The molecule has 1 aliphatic rings. The van der Waals surface area contributed by atoms with Crippen LogP contribution in [0.3, 0.4) is 0 Å². The van der Waals surface area contributed by atoms with Crippen molar-refractivity contribution in [2.45, 2.75) is 45.1 Å². The van der Waals surface area contributed by atoms with Gasteiger partial charge in [0.25, 0.3) is 5.91 Å².